The zero-order valence-electron chi connectivity index (χ0n) is 8.10. The van der Waals surface area contributed by atoms with E-state index < -0.39 is 5.97 Å². The summed E-state index contributed by atoms with van der Waals surface area (Å²) in [5.74, 6) is -0.516. The first-order chi connectivity index (χ1) is 6.60. The normalized spacial score (nSPS) is 11.5. The summed E-state index contributed by atoms with van der Waals surface area (Å²) in [7, 11) is 4.43. The Balaban J connectivity index is 3.46. The minimum Gasteiger partial charge on any atom is -0.465 e. The Labute approximate surface area is 84.3 Å². The van der Waals surface area contributed by atoms with Gasteiger partial charge in [-0.15, -0.1) is 0 Å². The van der Waals surface area contributed by atoms with Gasteiger partial charge in [0.2, 0.25) is 0 Å². The summed E-state index contributed by atoms with van der Waals surface area (Å²) < 4.78 is 5.88. The molecule has 76 valence electrons. The lowest BCUT2D eigenvalue weighted by molar-refractivity contribution is 0.0606. The van der Waals surface area contributed by atoms with Gasteiger partial charge in [-0.05, 0) is 0 Å². The summed E-state index contributed by atoms with van der Waals surface area (Å²) in [5.41, 5.74) is -0.273. The van der Waals surface area contributed by atoms with Gasteiger partial charge < -0.3 is 4.74 Å². The molecule has 0 saturated heterocycles. The largest absolute Gasteiger partial charge is 0.465 e. The molecule has 0 radical (unpaired) electrons. The second-order valence-corrected chi connectivity index (χ2v) is 3.51. The van der Waals surface area contributed by atoms with Gasteiger partial charge in [-0.3, -0.25) is 14.4 Å². The molecule has 14 heavy (non-hydrogen) atoms. The Bertz CT molecular complexity index is 472. The highest BCUT2D eigenvalue weighted by Gasteiger charge is 2.08. The van der Waals surface area contributed by atoms with Gasteiger partial charge >= 0.3 is 5.97 Å². The van der Waals surface area contributed by atoms with Crippen LogP contribution in [0, 0.1) is 0 Å². The fourth-order valence-corrected chi connectivity index (χ4v) is 1.74. The number of carbonyl (C=O) groups is 1. The van der Waals surface area contributed by atoms with Gasteiger partial charge in [-0.25, -0.2) is 4.79 Å². The smallest absolute Gasteiger partial charge is 0.348 e. The summed E-state index contributed by atoms with van der Waals surface area (Å²) in [5, 5.41) is 0. The SMILES string of the molecule is CN=c1sc(C(=O)OC)cc(=O)n1C. The van der Waals surface area contributed by atoms with E-state index in [1.54, 1.807) is 14.1 Å². The lowest BCUT2D eigenvalue weighted by atomic mass is 10.5. The van der Waals surface area contributed by atoms with E-state index in [4.69, 9.17) is 0 Å². The maximum atomic E-state index is 11.3. The quantitative estimate of drug-likeness (QED) is 0.606. The number of ether oxygens (including phenoxy) is 1. The van der Waals surface area contributed by atoms with Gasteiger partial charge in [0.15, 0.2) is 4.80 Å². The molecule has 0 aromatic carbocycles. The van der Waals surface area contributed by atoms with E-state index >= 15 is 0 Å². The van der Waals surface area contributed by atoms with E-state index in [2.05, 4.69) is 9.73 Å². The predicted molar refractivity (Wildman–Crippen MR) is 52.4 cm³/mol. The number of carbonyl (C=O) groups excluding carboxylic acids is 1. The van der Waals surface area contributed by atoms with Crippen LogP contribution in [0.1, 0.15) is 9.67 Å². The van der Waals surface area contributed by atoms with Crippen molar-refractivity contribution >= 4 is 17.3 Å². The monoisotopic (exact) mass is 214 g/mol. The molecule has 0 aliphatic rings. The highest BCUT2D eigenvalue weighted by atomic mass is 32.1. The fraction of sp³-hybridized carbons (Fsp3) is 0.375. The first-order valence-corrected chi connectivity index (χ1v) is 4.64. The minimum atomic E-state index is -0.516. The van der Waals surface area contributed by atoms with Gasteiger partial charge in [0, 0.05) is 20.2 Å². The number of nitrogens with zero attached hydrogens (tertiary/aromatic N) is 2. The molecule has 1 aromatic rings. The van der Waals surface area contributed by atoms with Crippen LogP contribution in [0.15, 0.2) is 15.9 Å². The first-order valence-electron chi connectivity index (χ1n) is 3.82. The zero-order valence-corrected chi connectivity index (χ0v) is 8.92. The highest BCUT2D eigenvalue weighted by molar-refractivity contribution is 7.11. The van der Waals surface area contributed by atoms with Crippen LogP contribution < -0.4 is 10.4 Å². The van der Waals surface area contributed by atoms with Crippen LogP contribution in [0.4, 0.5) is 0 Å². The van der Waals surface area contributed by atoms with Crippen molar-refractivity contribution in [3.05, 3.63) is 26.1 Å². The molecule has 0 unspecified atom stereocenters. The van der Waals surface area contributed by atoms with Crippen LogP contribution in [-0.2, 0) is 11.8 Å². The number of esters is 1. The van der Waals surface area contributed by atoms with Crippen molar-refractivity contribution in [2.24, 2.45) is 12.0 Å². The molecule has 0 aliphatic heterocycles. The zero-order chi connectivity index (χ0) is 10.7. The predicted octanol–water partition coefficient (Wildman–Crippen LogP) is -0.236. The second kappa shape index (κ2) is 4.19. The van der Waals surface area contributed by atoms with Crippen molar-refractivity contribution in [1.82, 2.24) is 4.57 Å². The third kappa shape index (κ3) is 1.90. The Hall–Kier alpha value is -1.43. The maximum Gasteiger partial charge on any atom is 0.348 e. The summed E-state index contributed by atoms with van der Waals surface area (Å²) >= 11 is 1.12. The average molecular weight is 214 g/mol. The number of rotatable bonds is 1. The van der Waals surface area contributed by atoms with Gasteiger partial charge in [0.1, 0.15) is 4.88 Å². The minimum absolute atomic E-state index is 0.260. The topological polar surface area (TPSA) is 60.7 Å². The third-order valence-corrected chi connectivity index (χ3v) is 2.79. The van der Waals surface area contributed by atoms with Crippen LogP contribution >= 0.6 is 11.3 Å². The molecular formula is C8H10N2O3S. The third-order valence-electron chi connectivity index (χ3n) is 1.65. The fourth-order valence-electron chi connectivity index (χ4n) is 0.896. The molecule has 1 heterocycles. The van der Waals surface area contributed by atoms with Gasteiger partial charge in [-0.2, -0.15) is 0 Å². The summed E-state index contributed by atoms with van der Waals surface area (Å²) in [6, 6.07) is 1.24. The van der Waals surface area contributed by atoms with Crippen LogP contribution in [0.25, 0.3) is 0 Å². The maximum absolute atomic E-state index is 11.3. The molecule has 0 bridgehead atoms. The van der Waals surface area contributed by atoms with Crippen molar-refractivity contribution in [2.45, 2.75) is 0 Å². The molecule has 0 atom stereocenters. The Kier molecular flexibility index (Phi) is 3.19. The van der Waals surface area contributed by atoms with Gasteiger partial charge in [-0.1, -0.05) is 11.3 Å². The van der Waals surface area contributed by atoms with Crippen LogP contribution in [0.2, 0.25) is 0 Å². The van der Waals surface area contributed by atoms with Crippen molar-refractivity contribution in [3.8, 4) is 0 Å². The summed E-state index contributed by atoms with van der Waals surface area (Å²) in [6.07, 6.45) is 0. The molecular weight excluding hydrogens is 204 g/mol. The van der Waals surface area contributed by atoms with E-state index in [-0.39, 0.29) is 10.4 Å². The Morgan fingerprint density at radius 1 is 1.64 bits per heavy atom. The molecule has 1 rings (SSSR count). The lowest BCUT2D eigenvalue weighted by Crippen LogP contribution is -2.29. The molecule has 0 spiro atoms. The number of methoxy groups -OCH3 is 1. The van der Waals surface area contributed by atoms with E-state index in [1.165, 1.54) is 17.7 Å². The molecule has 0 saturated carbocycles. The summed E-state index contributed by atoms with van der Waals surface area (Å²) in [4.78, 5) is 27.1. The molecule has 0 amide bonds. The molecule has 6 heteroatoms. The molecule has 0 aliphatic carbocycles. The van der Waals surface area contributed by atoms with Crippen LogP contribution in [-0.4, -0.2) is 24.7 Å². The van der Waals surface area contributed by atoms with Crippen molar-refractivity contribution in [1.29, 1.82) is 0 Å². The van der Waals surface area contributed by atoms with Crippen molar-refractivity contribution < 1.29 is 9.53 Å². The van der Waals surface area contributed by atoms with Crippen molar-refractivity contribution in [3.63, 3.8) is 0 Å². The Morgan fingerprint density at radius 2 is 2.29 bits per heavy atom. The number of aromatic nitrogens is 1. The van der Waals surface area contributed by atoms with Crippen LogP contribution in [0.3, 0.4) is 0 Å². The van der Waals surface area contributed by atoms with Gasteiger partial charge in [0.25, 0.3) is 5.56 Å². The molecule has 1 aromatic heterocycles. The molecule has 0 fully saturated rings. The van der Waals surface area contributed by atoms with Crippen molar-refractivity contribution in [2.75, 3.05) is 14.2 Å². The standard InChI is InChI=1S/C8H10N2O3S/c1-9-8-10(2)6(11)4-5(14-8)7(12)13-3/h4H,1-3H3. The van der Waals surface area contributed by atoms with Crippen LogP contribution in [0.5, 0.6) is 0 Å². The van der Waals surface area contributed by atoms with E-state index in [0.717, 1.165) is 11.3 Å². The average Bonchev–Trinajstić information content (AvgIpc) is 2.20. The van der Waals surface area contributed by atoms with E-state index in [0.29, 0.717) is 4.80 Å². The van der Waals surface area contributed by atoms with E-state index in [9.17, 15) is 9.59 Å². The summed E-state index contributed by atoms with van der Waals surface area (Å²) in [6.45, 7) is 0. The lowest BCUT2D eigenvalue weighted by Gasteiger charge is -2.00. The highest BCUT2D eigenvalue weighted by Crippen LogP contribution is 2.00. The Morgan fingerprint density at radius 3 is 2.79 bits per heavy atom. The number of hydrogen-bond donors (Lipinski definition) is 0. The molecule has 0 N–H and O–H groups in total. The van der Waals surface area contributed by atoms with Gasteiger partial charge in [0.05, 0.1) is 7.11 Å². The number of hydrogen-bond acceptors (Lipinski definition) is 5. The first kappa shape index (κ1) is 10.6. The molecule has 5 nitrogen and oxygen atoms in total. The van der Waals surface area contributed by atoms with E-state index in [1.807, 2.05) is 0 Å². The second-order valence-electron chi connectivity index (χ2n) is 2.51.